The topological polar surface area (TPSA) is 26.3 Å². The summed E-state index contributed by atoms with van der Waals surface area (Å²) in [6.07, 6.45) is 6.71. The molecule has 2 nitrogen and oxygen atoms in total. The Hall–Kier alpha value is -1.83. The highest BCUT2D eigenvalue weighted by Crippen LogP contribution is 2.00. The number of carbonyl (C=O) groups excluding carboxylic acids is 1. The Bertz CT molecular complexity index is 299. The zero-order chi connectivity index (χ0) is 9.36. The predicted octanol–water partition coefficient (Wildman–Crippen LogP) is 2.39. The molecule has 0 aromatic heterocycles. The fourth-order valence-corrected chi connectivity index (χ4v) is 0.854. The molecule has 0 aliphatic rings. The molecule has 0 aliphatic carbocycles. The molecule has 13 heavy (non-hydrogen) atoms. The summed E-state index contributed by atoms with van der Waals surface area (Å²) < 4.78 is 4.36. The second-order valence-corrected chi connectivity index (χ2v) is 2.33. The van der Waals surface area contributed by atoms with Crippen LogP contribution in [0, 0.1) is 0 Å². The molecule has 0 spiro atoms. The minimum absolute atomic E-state index is 0.382. The number of hydrogen-bond acceptors (Lipinski definition) is 2. The SMILES string of the molecule is O=CO/C=C/C=C/c1ccccc1. The Balaban J connectivity index is 2.45. The fourth-order valence-electron chi connectivity index (χ4n) is 0.854. The van der Waals surface area contributed by atoms with E-state index in [1.54, 1.807) is 12.2 Å². The van der Waals surface area contributed by atoms with Crippen molar-refractivity contribution < 1.29 is 9.53 Å². The van der Waals surface area contributed by atoms with E-state index >= 15 is 0 Å². The molecule has 0 atom stereocenters. The van der Waals surface area contributed by atoms with Gasteiger partial charge >= 0.3 is 0 Å². The van der Waals surface area contributed by atoms with Crippen LogP contribution in [0.1, 0.15) is 5.56 Å². The molecule has 0 bridgehead atoms. The molecule has 0 aliphatic heterocycles. The van der Waals surface area contributed by atoms with Gasteiger partial charge in [0.05, 0.1) is 6.26 Å². The van der Waals surface area contributed by atoms with E-state index in [2.05, 4.69) is 4.74 Å². The molecule has 0 saturated carbocycles. The minimum Gasteiger partial charge on any atom is -0.437 e. The number of rotatable bonds is 4. The summed E-state index contributed by atoms with van der Waals surface area (Å²) in [5.74, 6) is 0. The fraction of sp³-hybridized carbons (Fsp3) is 0. The van der Waals surface area contributed by atoms with Gasteiger partial charge in [-0.1, -0.05) is 42.5 Å². The lowest BCUT2D eigenvalue weighted by Gasteiger charge is -1.88. The smallest absolute Gasteiger partial charge is 0.297 e. The first kappa shape index (κ1) is 9.26. The van der Waals surface area contributed by atoms with Crippen LogP contribution in [0.5, 0.6) is 0 Å². The molecular formula is C11H10O2. The molecule has 1 aromatic rings. The molecule has 0 amide bonds. The standard InChI is InChI=1S/C11H10O2/c12-10-13-9-5-4-8-11-6-2-1-3-7-11/h1-10H/b8-4+,9-5+. The lowest BCUT2D eigenvalue weighted by Crippen LogP contribution is -1.70. The van der Waals surface area contributed by atoms with Gasteiger partial charge in [-0.15, -0.1) is 0 Å². The molecule has 1 rings (SSSR count). The van der Waals surface area contributed by atoms with Crippen molar-refractivity contribution in [1.82, 2.24) is 0 Å². The summed E-state index contributed by atoms with van der Waals surface area (Å²) in [6.45, 7) is 0.382. The van der Waals surface area contributed by atoms with Gasteiger partial charge in [0.2, 0.25) is 0 Å². The second kappa shape index (κ2) is 5.77. The predicted molar refractivity (Wildman–Crippen MR) is 51.8 cm³/mol. The van der Waals surface area contributed by atoms with E-state index in [-0.39, 0.29) is 0 Å². The number of benzene rings is 1. The van der Waals surface area contributed by atoms with Gasteiger partial charge in [0.25, 0.3) is 6.47 Å². The third-order valence-corrected chi connectivity index (χ3v) is 1.41. The van der Waals surface area contributed by atoms with Crippen molar-refractivity contribution >= 4 is 12.5 Å². The van der Waals surface area contributed by atoms with E-state index in [1.807, 2.05) is 36.4 Å². The molecular weight excluding hydrogens is 164 g/mol. The van der Waals surface area contributed by atoms with Gasteiger partial charge in [-0.25, -0.2) is 0 Å². The lowest BCUT2D eigenvalue weighted by molar-refractivity contribution is -0.123. The molecule has 0 unspecified atom stereocenters. The summed E-state index contributed by atoms with van der Waals surface area (Å²) in [5.41, 5.74) is 1.11. The molecule has 0 saturated heterocycles. The first-order valence-electron chi connectivity index (χ1n) is 3.91. The highest BCUT2D eigenvalue weighted by atomic mass is 16.5. The summed E-state index contributed by atoms with van der Waals surface area (Å²) in [4.78, 5) is 9.74. The lowest BCUT2D eigenvalue weighted by atomic mass is 10.2. The van der Waals surface area contributed by atoms with Gasteiger partial charge in [-0.2, -0.15) is 0 Å². The maximum Gasteiger partial charge on any atom is 0.297 e. The van der Waals surface area contributed by atoms with Gasteiger partial charge in [0.1, 0.15) is 0 Å². The largest absolute Gasteiger partial charge is 0.437 e. The maximum absolute atomic E-state index is 9.74. The van der Waals surface area contributed by atoms with E-state index in [0.29, 0.717) is 6.47 Å². The summed E-state index contributed by atoms with van der Waals surface area (Å²) >= 11 is 0. The Morgan fingerprint density at radius 3 is 2.54 bits per heavy atom. The van der Waals surface area contributed by atoms with Crippen LogP contribution in [-0.2, 0) is 9.53 Å². The van der Waals surface area contributed by atoms with Crippen LogP contribution in [0.15, 0.2) is 48.7 Å². The van der Waals surface area contributed by atoms with Crippen molar-refractivity contribution in [2.75, 3.05) is 0 Å². The van der Waals surface area contributed by atoms with Gasteiger partial charge in [-0.3, -0.25) is 4.79 Å². The zero-order valence-corrected chi connectivity index (χ0v) is 7.09. The van der Waals surface area contributed by atoms with Gasteiger partial charge < -0.3 is 4.74 Å². The van der Waals surface area contributed by atoms with E-state index in [9.17, 15) is 4.79 Å². The van der Waals surface area contributed by atoms with Crippen LogP contribution < -0.4 is 0 Å². The van der Waals surface area contributed by atoms with E-state index in [1.165, 1.54) is 6.26 Å². The van der Waals surface area contributed by atoms with Crippen LogP contribution in [0.4, 0.5) is 0 Å². The molecule has 0 fully saturated rings. The zero-order valence-electron chi connectivity index (χ0n) is 7.09. The van der Waals surface area contributed by atoms with Gasteiger partial charge in [0, 0.05) is 0 Å². The highest BCUT2D eigenvalue weighted by Gasteiger charge is 1.79. The molecule has 2 heteroatoms. The quantitative estimate of drug-likeness (QED) is 0.398. The maximum atomic E-state index is 9.74. The molecule has 0 N–H and O–H groups in total. The Morgan fingerprint density at radius 2 is 1.85 bits per heavy atom. The Kier molecular flexibility index (Phi) is 4.11. The first-order chi connectivity index (χ1) is 6.43. The van der Waals surface area contributed by atoms with Crippen LogP contribution >= 0.6 is 0 Å². The normalized spacial score (nSPS) is 10.8. The van der Waals surface area contributed by atoms with Crippen LogP contribution in [0.3, 0.4) is 0 Å². The molecule has 0 heterocycles. The van der Waals surface area contributed by atoms with Gasteiger partial charge in [0.15, 0.2) is 0 Å². The monoisotopic (exact) mass is 174 g/mol. The number of ether oxygens (including phenoxy) is 1. The van der Waals surface area contributed by atoms with Crippen LogP contribution in [0.2, 0.25) is 0 Å². The van der Waals surface area contributed by atoms with E-state index in [4.69, 9.17) is 0 Å². The second-order valence-electron chi connectivity index (χ2n) is 2.33. The molecule has 1 aromatic carbocycles. The average Bonchev–Trinajstić information content (AvgIpc) is 2.19. The van der Waals surface area contributed by atoms with Crippen molar-refractivity contribution in [3.63, 3.8) is 0 Å². The van der Waals surface area contributed by atoms with Crippen molar-refractivity contribution in [3.8, 4) is 0 Å². The average molecular weight is 174 g/mol. The van der Waals surface area contributed by atoms with Crippen molar-refractivity contribution in [1.29, 1.82) is 0 Å². The van der Waals surface area contributed by atoms with E-state index in [0.717, 1.165) is 5.56 Å². The third kappa shape index (κ3) is 3.91. The van der Waals surface area contributed by atoms with Gasteiger partial charge in [-0.05, 0) is 11.6 Å². The number of carbonyl (C=O) groups is 1. The Labute approximate surface area is 77.2 Å². The third-order valence-electron chi connectivity index (χ3n) is 1.41. The number of allylic oxidation sites excluding steroid dienone is 2. The number of hydrogen-bond donors (Lipinski definition) is 0. The van der Waals surface area contributed by atoms with Crippen LogP contribution in [0.25, 0.3) is 6.08 Å². The minimum atomic E-state index is 0.382. The molecule has 66 valence electrons. The van der Waals surface area contributed by atoms with E-state index < -0.39 is 0 Å². The van der Waals surface area contributed by atoms with Crippen molar-refractivity contribution in [2.45, 2.75) is 0 Å². The Morgan fingerprint density at radius 1 is 1.08 bits per heavy atom. The first-order valence-corrected chi connectivity index (χ1v) is 3.91. The summed E-state index contributed by atoms with van der Waals surface area (Å²) in [6, 6.07) is 9.87. The van der Waals surface area contributed by atoms with Crippen molar-refractivity contribution in [2.24, 2.45) is 0 Å². The van der Waals surface area contributed by atoms with Crippen LogP contribution in [-0.4, -0.2) is 6.47 Å². The summed E-state index contributed by atoms with van der Waals surface area (Å²) in [5, 5.41) is 0. The van der Waals surface area contributed by atoms with Crippen molar-refractivity contribution in [3.05, 3.63) is 54.3 Å². The molecule has 0 radical (unpaired) electrons. The highest BCUT2D eigenvalue weighted by molar-refractivity contribution is 5.50. The summed E-state index contributed by atoms with van der Waals surface area (Å²) in [7, 11) is 0.